The summed E-state index contributed by atoms with van der Waals surface area (Å²) in [6.07, 6.45) is 1.10. The van der Waals surface area contributed by atoms with Crippen LogP contribution < -0.4 is 0 Å². The van der Waals surface area contributed by atoms with Gasteiger partial charge in [-0.3, -0.25) is 9.78 Å². The predicted octanol–water partition coefficient (Wildman–Crippen LogP) is 2.09. The number of esters is 1. The average molecular weight is 275 g/mol. The Morgan fingerprint density at radius 2 is 2.10 bits per heavy atom. The number of rotatable bonds is 5. The van der Waals surface area contributed by atoms with Gasteiger partial charge in [0.2, 0.25) is 0 Å². The maximum absolute atomic E-state index is 13.0. The standard InChI is InChI=1S/C14H14FN3O2/c1-3-14(10(7-16)8-17,13(19)20-4-2)12-6-5-11(15)9-18-12/h5-6,9-10H,3-4H2,1-2H3/t14-/m0/s1. The van der Waals surface area contributed by atoms with Gasteiger partial charge in [-0.15, -0.1) is 0 Å². The number of ether oxygens (including phenoxy) is 1. The third-order valence-corrected chi connectivity index (χ3v) is 3.13. The summed E-state index contributed by atoms with van der Waals surface area (Å²) in [5.41, 5.74) is -1.35. The smallest absolute Gasteiger partial charge is 0.320 e. The van der Waals surface area contributed by atoms with Gasteiger partial charge in [-0.2, -0.15) is 10.5 Å². The third-order valence-electron chi connectivity index (χ3n) is 3.13. The van der Waals surface area contributed by atoms with E-state index in [0.717, 1.165) is 12.3 Å². The van der Waals surface area contributed by atoms with E-state index < -0.39 is 23.1 Å². The van der Waals surface area contributed by atoms with Crippen molar-refractivity contribution in [2.45, 2.75) is 25.7 Å². The highest BCUT2D eigenvalue weighted by Crippen LogP contribution is 2.36. The van der Waals surface area contributed by atoms with Crippen LogP contribution in [0.2, 0.25) is 0 Å². The number of hydrogen-bond donors (Lipinski definition) is 0. The molecule has 104 valence electrons. The Bertz CT molecular complexity index is 545. The number of carbonyl (C=O) groups excluding carboxylic acids is 1. The second kappa shape index (κ2) is 6.63. The molecule has 0 radical (unpaired) electrons. The van der Waals surface area contributed by atoms with Crippen molar-refractivity contribution in [3.05, 3.63) is 29.8 Å². The predicted molar refractivity (Wildman–Crippen MR) is 67.5 cm³/mol. The summed E-state index contributed by atoms with van der Waals surface area (Å²) in [7, 11) is 0. The third kappa shape index (κ3) is 2.60. The quantitative estimate of drug-likeness (QED) is 0.768. The van der Waals surface area contributed by atoms with E-state index in [1.807, 2.05) is 0 Å². The number of halogens is 1. The van der Waals surface area contributed by atoms with Crippen molar-refractivity contribution in [3.63, 3.8) is 0 Å². The molecule has 0 aromatic carbocycles. The van der Waals surface area contributed by atoms with Crippen LogP contribution in [0.3, 0.4) is 0 Å². The first-order valence-corrected chi connectivity index (χ1v) is 6.15. The molecular formula is C14H14FN3O2. The summed E-state index contributed by atoms with van der Waals surface area (Å²) in [5.74, 6) is -2.52. The molecule has 0 N–H and O–H groups in total. The van der Waals surface area contributed by atoms with E-state index in [2.05, 4.69) is 4.98 Å². The molecule has 5 nitrogen and oxygen atoms in total. The molecule has 1 atom stereocenters. The maximum atomic E-state index is 13.0. The molecule has 20 heavy (non-hydrogen) atoms. The van der Waals surface area contributed by atoms with Crippen molar-refractivity contribution < 1.29 is 13.9 Å². The number of nitriles is 2. The van der Waals surface area contributed by atoms with Gasteiger partial charge in [0, 0.05) is 0 Å². The van der Waals surface area contributed by atoms with E-state index in [1.165, 1.54) is 6.07 Å². The minimum atomic E-state index is -1.51. The number of aromatic nitrogens is 1. The Morgan fingerprint density at radius 1 is 1.45 bits per heavy atom. The van der Waals surface area contributed by atoms with Crippen molar-refractivity contribution in [2.75, 3.05) is 6.61 Å². The van der Waals surface area contributed by atoms with Crippen LogP contribution in [0.4, 0.5) is 4.39 Å². The summed E-state index contributed by atoms with van der Waals surface area (Å²) >= 11 is 0. The molecule has 0 spiro atoms. The number of carbonyl (C=O) groups is 1. The lowest BCUT2D eigenvalue weighted by molar-refractivity contribution is -0.151. The molecule has 0 aliphatic carbocycles. The number of nitrogens with zero attached hydrogens (tertiary/aromatic N) is 3. The first-order valence-electron chi connectivity index (χ1n) is 6.15. The fourth-order valence-corrected chi connectivity index (χ4v) is 2.05. The maximum Gasteiger partial charge on any atom is 0.320 e. The van der Waals surface area contributed by atoms with E-state index in [4.69, 9.17) is 15.3 Å². The van der Waals surface area contributed by atoms with Crippen LogP contribution in [0.5, 0.6) is 0 Å². The molecule has 0 bridgehead atoms. The topological polar surface area (TPSA) is 86.8 Å². The lowest BCUT2D eigenvalue weighted by atomic mass is 9.71. The van der Waals surface area contributed by atoms with Crippen LogP contribution in [0.1, 0.15) is 26.0 Å². The molecule has 1 aromatic rings. The highest BCUT2D eigenvalue weighted by molar-refractivity contribution is 5.84. The molecule has 0 aliphatic rings. The molecule has 1 heterocycles. The fraction of sp³-hybridized carbons (Fsp3) is 0.429. The summed E-state index contributed by atoms with van der Waals surface area (Å²) in [5, 5.41) is 18.3. The summed E-state index contributed by atoms with van der Waals surface area (Å²) in [6, 6.07) is 6.04. The summed E-state index contributed by atoms with van der Waals surface area (Å²) in [6.45, 7) is 3.40. The van der Waals surface area contributed by atoms with Crippen LogP contribution >= 0.6 is 0 Å². The van der Waals surface area contributed by atoms with Gasteiger partial charge in [0.1, 0.15) is 11.2 Å². The SMILES string of the molecule is CCOC(=O)[C@](CC)(c1ccc(F)cn1)C(C#N)C#N. The number of hydrogen-bond acceptors (Lipinski definition) is 5. The van der Waals surface area contributed by atoms with Gasteiger partial charge in [-0.25, -0.2) is 4.39 Å². The van der Waals surface area contributed by atoms with Crippen molar-refractivity contribution in [1.29, 1.82) is 10.5 Å². The van der Waals surface area contributed by atoms with Gasteiger partial charge in [0.15, 0.2) is 5.92 Å². The summed E-state index contributed by atoms with van der Waals surface area (Å²) in [4.78, 5) is 16.1. The van der Waals surface area contributed by atoms with Gasteiger partial charge in [0.25, 0.3) is 0 Å². The molecule has 0 saturated heterocycles. The molecule has 0 aliphatic heterocycles. The van der Waals surface area contributed by atoms with Crippen molar-refractivity contribution in [2.24, 2.45) is 5.92 Å². The number of pyridine rings is 1. The van der Waals surface area contributed by atoms with Crippen molar-refractivity contribution >= 4 is 5.97 Å². The van der Waals surface area contributed by atoms with Crippen LogP contribution in [0.25, 0.3) is 0 Å². The van der Waals surface area contributed by atoms with Gasteiger partial charge in [-0.05, 0) is 25.5 Å². The highest BCUT2D eigenvalue weighted by Gasteiger charge is 2.49. The molecule has 0 saturated carbocycles. The van der Waals surface area contributed by atoms with Crippen LogP contribution in [0.15, 0.2) is 18.3 Å². The van der Waals surface area contributed by atoms with E-state index in [9.17, 15) is 9.18 Å². The monoisotopic (exact) mass is 275 g/mol. The molecular weight excluding hydrogens is 261 g/mol. The zero-order valence-corrected chi connectivity index (χ0v) is 11.3. The first-order chi connectivity index (χ1) is 9.56. The lowest BCUT2D eigenvalue weighted by Crippen LogP contribution is -2.43. The second-order valence-electron chi connectivity index (χ2n) is 4.10. The van der Waals surface area contributed by atoms with Crippen molar-refractivity contribution in [3.8, 4) is 12.1 Å². The molecule has 6 heteroatoms. The zero-order chi connectivity index (χ0) is 15.2. The average Bonchev–Trinajstić information content (AvgIpc) is 2.46. The minimum absolute atomic E-state index is 0.116. The Balaban J connectivity index is 3.47. The fourth-order valence-electron chi connectivity index (χ4n) is 2.05. The lowest BCUT2D eigenvalue weighted by Gasteiger charge is -2.30. The highest BCUT2D eigenvalue weighted by atomic mass is 19.1. The van der Waals surface area contributed by atoms with Gasteiger partial charge in [-0.1, -0.05) is 6.92 Å². The van der Waals surface area contributed by atoms with Gasteiger partial charge in [0.05, 0.1) is 30.6 Å². The minimum Gasteiger partial charge on any atom is -0.465 e. The van der Waals surface area contributed by atoms with Crippen LogP contribution in [0, 0.1) is 34.4 Å². The molecule has 0 unspecified atom stereocenters. The Labute approximate surface area is 116 Å². The van der Waals surface area contributed by atoms with E-state index >= 15 is 0 Å². The zero-order valence-electron chi connectivity index (χ0n) is 11.3. The molecule has 0 fully saturated rings. The van der Waals surface area contributed by atoms with Gasteiger partial charge < -0.3 is 4.74 Å². The van der Waals surface area contributed by atoms with Crippen molar-refractivity contribution in [1.82, 2.24) is 4.98 Å². The molecule has 1 aromatic heterocycles. The van der Waals surface area contributed by atoms with Gasteiger partial charge >= 0.3 is 5.97 Å². The molecule has 0 amide bonds. The van der Waals surface area contributed by atoms with E-state index in [-0.39, 0.29) is 18.7 Å². The Kier molecular flexibility index (Phi) is 5.16. The Morgan fingerprint density at radius 3 is 2.50 bits per heavy atom. The van der Waals surface area contributed by atoms with E-state index in [1.54, 1.807) is 26.0 Å². The first kappa shape index (κ1) is 15.6. The van der Waals surface area contributed by atoms with E-state index in [0.29, 0.717) is 0 Å². The normalized spacial score (nSPS) is 13.1. The Hall–Kier alpha value is -2.47. The second-order valence-corrected chi connectivity index (χ2v) is 4.10. The molecule has 1 rings (SSSR count). The summed E-state index contributed by atoms with van der Waals surface area (Å²) < 4.78 is 18.0. The largest absolute Gasteiger partial charge is 0.465 e. The van der Waals surface area contributed by atoms with Crippen LogP contribution in [-0.2, 0) is 14.9 Å². The van der Waals surface area contributed by atoms with Crippen LogP contribution in [-0.4, -0.2) is 17.6 Å².